The van der Waals surface area contributed by atoms with E-state index in [-0.39, 0.29) is 6.04 Å². The van der Waals surface area contributed by atoms with Crippen molar-refractivity contribution in [3.05, 3.63) is 28.5 Å². The van der Waals surface area contributed by atoms with Crippen LogP contribution in [0.25, 0.3) is 0 Å². The molecule has 0 bridgehead atoms. The highest BCUT2D eigenvalue weighted by molar-refractivity contribution is 9.10. The number of hydrogen-bond acceptors (Lipinski definition) is 3. The van der Waals surface area contributed by atoms with Gasteiger partial charge in [-0.2, -0.15) is 0 Å². The zero-order valence-corrected chi connectivity index (χ0v) is 8.79. The van der Waals surface area contributed by atoms with Gasteiger partial charge in [-0.05, 0) is 46.8 Å². The van der Waals surface area contributed by atoms with Crippen molar-refractivity contribution in [2.75, 3.05) is 0 Å². The summed E-state index contributed by atoms with van der Waals surface area (Å²) in [6.45, 7) is 0. The quantitative estimate of drug-likeness (QED) is 0.627. The zero-order chi connectivity index (χ0) is 9.26. The van der Waals surface area contributed by atoms with Gasteiger partial charge in [0.15, 0.2) is 0 Å². The number of aromatic nitrogens is 1. The predicted octanol–water partition coefficient (Wildman–Crippen LogP) is 1.76. The summed E-state index contributed by atoms with van der Waals surface area (Å²) >= 11 is 3.48. The van der Waals surface area contributed by atoms with Gasteiger partial charge in [0, 0.05) is 10.7 Å². The largest absolute Gasteiger partial charge is 0.271 e. The topological polar surface area (TPSA) is 50.9 Å². The summed E-state index contributed by atoms with van der Waals surface area (Å²) in [4.78, 5) is 4.32. The molecule has 0 radical (unpaired) electrons. The molecular weight excluding hydrogens is 230 g/mol. The van der Waals surface area contributed by atoms with Crippen molar-refractivity contribution in [1.29, 1.82) is 0 Å². The third kappa shape index (κ3) is 1.90. The molecule has 1 fully saturated rings. The van der Waals surface area contributed by atoms with Gasteiger partial charge in [0.05, 0.1) is 11.7 Å². The summed E-state index contributed by atoms with van der Waals surface area (Å²) in [5.41, 5.74) is 3.85. The molecule has 1 atom stereocenters. The van der Waals surface area contributed by atoms with Gasteiger partial charge in [-0.1, -0.05) is 0 Å². The Hall–Kier alpha value is -0.450. The number of hydrogen-bond donors (Lipinski definition) is 2. The maximum Gasteiger partial charge on any atom is 0.0731 e. The Morgan fingerprint density at radius 3 is 2.92 bits per heavy atom. The van der Waals surface area contributed by atoms with E-state index in [4.69, 9.17) is 5.84 Å². The molecule has 1 unspecified atom stereocenters. The monoisotopic (exact) mass is 241 g/mol. The number of nitrogens with zero attached hydrogens (tertiary/aromatic N) is 1. The van der Waals surface area contributed by atoms with E-state index in [1.807, 2.05) is 12.1 Å². The first-order chi connectivity index (χ1) is 6.33. The zero-order valence-electron chi connectivity index (χ0n) is 7.20. The summed E-state index contributed by atoms with van der Waals surface area (Å²) in [6.07, 6.45) is 4.29. The van der Waals surface area contributed by atoms with E-state index in [0.29, 0.717) is 5.92 Å². The first-order valence-electron chi connectivity index (χ1n) is 4.39. The molecule has 1 heterocycles. The summed E-state index contributed by atoms with van der Waals surface area (Å²) in [6, 6.07) is 4.11. The van der Waals surface area contributed by atoms with Crippen LogP contribution in [-0.4, -0.2) is 4.98 Å². The van der Waals surface area contributed by atoms with E-state index in [2.05, 4.69) is 26.3 Å². The minimum Gasteiger partial charge on any atom is -0.271 e. The van der Waals surface area contributed by atoms with Crippen molar-refractivity contribution in [3.63, 3.8) is 0 Å². The van der Waals surface area contributed by atoms with Crippen LogP contribution in [0.1, 0.15) is 24.6 Å². The Kier molecular flexibility index (Phi) is 2.62. The van der Waals surface area contributed by atoms with Gasteiger partial charge in [0.25, 0.3) is 0 Å². The molecule has 1 aliphatic carbocycles. The fourth-order valence-corrected chi connectivity index (χ4v) is 2.00. The highest BCUT2D eigenvalue weighted by Crippen LogP contribution is 2.41. The molecule has 1 saturated carbocycles. The molecule has 3 N–H and O–H groups in total. The summed E-state index contributed by atoms with van der Waals surface area (Å²) in [5.74, 6) is 6.17. The van der Waals surface area contributed by atoms with E-state index in [1.54, 1.807) is 6.20 Å². The lowest BCUT2D eigenvalue weighted by Crippen LogP contribution is -2.30. The van der Waals surface area contributed by atoms with E-state index in [1.165, 1.54) is 12.8 Å². The number of nitrogens with two attached hydrogens (primary N) is 1. The van der Waals surface area contributed by atoms with Crippen molar-refractivity contribution >= 4 is 15.9 Å². The Labute approximate surface area is 85.8 Å². The second-order valence-corrected chi connectivity index (χ2v) is 4.21. The van der Waals surface area contributed by atoms with Crippen LogP contribution in [0.3, 0.4) is 0 Å². The van der Waals surface area contributed by atoms with Gasteiger partial charge in [-0.15, -0.1) is 0 Å². The number of pyridine rings is 1. The van der Waals surface area contributed by atoms with Crippen LogP contribution in [0.4, 0.5) is 0 Å². The third-order valence-corrected chi connectivity index (χ3v) is 3.03. The van der Waals surface area contributed by atoms with Crippen molar-refractivity contribution in [2.45, 2.75) is 18.9 Å². The standard InChI is InChI=1S/C9H12BrN3/c10-7-2-1-5-12-9(7)8(13-11)6-3-4-6/h1-2,5-6,8,13H,3-4,11H2. The normalized spacial score (nSPS) is 18.6. The number of halogens is 1. The third-order valence-electron chi connectivity index (χ3n) is 2.35. The minimum atomic E-state index is 0.204. The molecule has 3 nitrogen and oxygen atoms in total. The number of rotatable bonds is 3. The van der Waals surface area contributed by atoms with Gasteiger partial charge >= 0.3 is 0 Å². The minimum absolute atomic E-state index is 0.204. The van der Waals surface area contributed by atoms with E-state index in [0.717, 1.165) is 10.2 Å². The van der Waals surface area contributed by atoms with Crippen LogP contribution < -0.4 is 11.3 Å². The first kappa shape index (κ1) is 9.12. The molecule has 70 valence electrons. The van der Waals surface area contributed by atoms with E-state index < -0.39 is 0 Å². The second kappa shape index (κ2) is 3.74. The molecule has 1 aromatic heterocycles. The molecule has 0 spiro atoms. The fourth-order valence-electron chi connectivity index (χ4n) is 1.49. The Morgan fingerprint density at radius 1 is 1.62 bits per heavy atom. The lowest BCUT2D eigenvalue weighted by molar-refractivity contribution is 0.483. The van der Waals surface area contributed by atoms with Crippen molar-refractivity contribution in [3.8, 4) is 0 Å². The molecule has 1 aromatic rings. The lowest BCUT2D eigenvalue weighted by atomic mass is 10.1. The lowest BCUT2D eigenvalue weighted by Gasteiger charge is -2.15. The fraction of sp³-hybridized carbons (Fsp3) is 0.444. The Balaban J connectivity index is 2.26. The van der Waals surface area contributed by atoms with Crippen molar-refractivity contribution < 1.29 is 0 Å². The SMILES string of the molecule is NNC(c1ncccc1Br)C1CC1. The molecule has 4 heteroatoms. The van der Waals surface area contributed by atoms with Crippen LogP contribution >= 0.6 is 15.9 Å². The molecule has 0 amide bonds. The van der Waals surface area contributed by atoms with Gasteiger partial charge < -0.3 is 0 Å². The first-order valence-corrected chi connectivity index (χ1v) is 5.18. The maximum absolute atomic E-state index is 5.50. The maximum atomic E-state index is 5.50. The van der Waals surface area contributed by atoms with Gasteiger partial charge in [-0.25, -0.2) is 0 Å². The van der Waals surface area contributed by atoms with Gasteiger partial charge in [0.2, 0.25) is 0 Å². The molecule has 0 aromatic carbocycles. The number of hydrazine groups is 1. The van der Waals surface area contributed by atoms with Crippen LogP contribution in [0, 0.1) is 5.92 Å². The predicted molar refractivity (Wildman–Crippen MR) is 54.7 cm³/mol. The highest BCUT2D eigenvalue weighted by atomic mass is 79.9. The van der Waals surface area contributed by atoms with Gasteiger partial charge in [0.1, 0.15) is 0 Å². The molecular formula is C9H12BrN3. The van der Waals surface area contributed by atoms with Crippen LogP contribution in [-0.2, 0) is 0 Å². The molecule has 0 saturated heterocycles. The Morgan fingerprint density at radius 2 is 2.38 bits per heavy atom. The van der Waals surface area contributed by atoms with Crippen LogP contribution in [0.2, 0.25) is 0 Å². The summed E-state index contributed by atoms with van der Waals surface area (Å²) < 4.78 is 1.03. The van der Waals surface area contributed by atoms with Gasteiger partial charge in [-0.3, -0.25) is 16.3 Å². The smallest absolute Gasteiger partial charge is 0.0731 e. The number of nitrogens with one attached hydrogen (secondary N) is 1. The molecule has 2 rings (SSSR count). The summed E-state index contributed by atoms with van der Waals surface area (Å²) in [7, 11) is 0. The second-order valence-electron chi connectivity index (χ2n) is 3.35. The molecule has 0 aliphatic heterocycles. The van der Waals surface area contributed by atoms with Crippen molar-refractivity contribution in [2.24, 2.45) is 11.8 Å². The van der Waals surface area contributed by atoms with E-state index >= 15 is 0 Å². The average Bonchev–Trinajstić information content (AvgIpc) is 2.93. The van der Waals surface area contributed by atoms with Crippen molar-refractivity contribution in [1.82, 2.24) is 10.4 Å². The average molecular weight is 242 g/mol. The molecule has 13 heavy (non-hydrogen) atoms. The van der Waals surface area contributed by atoms with E-state index in [9.17, 15) is 0 Å². The summed E-state index contributed by atoms with van der Waals surface area (Å²) in [5, 5.41) is 0. The van der Waals surface area contributed by atoms with Crippen LogP contribution in [0.15, 0.2) is 22.8 Å². The Bertz CT molecular complexity index is 299. The molecule has 1 aliphatic rings. The highest BCUT2D eigenvalue weighted by Gasteiger charge is 2.33. The van der Waals surface area contributed by atoms with Crippen LogP contribution in [0.5, 0.6) is 0 Å².